The van der Waals surface area contributed by atoms with E-state index >= 15 is 0 Å². The topological polar surface area (TPSA) is 42.7 Å². The molecule has 0 atom stereocenters. The molecule has 0 aromatic carbocycles. The first-order valence-corrected chi connectivity index (χ1v) is 5.41. The average molecular weight is 237 g/mol. The Labute approximate surface area is 99.3 Å². The molecule has 0 bridgehead atoms. The molecule has 0 aliphatic heterocycles. The summed E-state index contributed by atoms with van der Waals surface area (Å²) in [6.45, 7) is 2.61. The minimum absolute atomic E-state index is 0.654. The van der Waals surface area contributed by atoms with Gasteiger partial charge in [0, 0.05) is 6.54 Å². The van der Waals surface area contributed by atoms with Gasteiger partial charge in [-0.3, -0.25) is 0 Å². The van der Waals surface area contributed by atoms with E-state index in [9.17, 15) is 0 Å². The van der Waals surface area contributed by atoms with Gasteiger partial charge in [0.25, 0.3) is 0 Å². The van der Waals surface area contributed by atoms with Crippen molar-refractivity contribution in [2.75, 3.05) is 7.05 Å². The van der Waals surface area contributed by atoms with E-state index in [4.69, 9.17) is 11.6 Å². The van der Waals surface area contributed by atoms with Gasteiger partial charge in [0.1, 0.15) is 0 Å². The van der Waals surface area contributed by atoms with Crippen LogP contribution in [0.5, 0.6) is 0 Å². The molecular weight excluding hydrogens is 224 g/mol. The lowest BCUT2D eigenvalue weighted by Gasteiger charge is -2.03. The van der Waals surface area contributed by atoms with Gasteiger partial charge in [-0.05, 0) is 26.1 Å². The van der Waals surface area contributed by atoms with Crippen molar-refractivity contribution in [3.8, 4) is 5.82 Å². The molecule has 16 heavy (non-hydrogen) atoms. The number of aryl methyl sites for hydroxylation is 1. The molecule has 0 radical (unpaired) electrons. The lowest BCUT2D eigenvalue weighted by atomic mass is 10.3. The smallest absolute Gasteiger partial charge is 0.153 e. The Hall–Kier alpha value is -1.39. The first kappa shape index (κ1) is 11.1. The molecule has 2 heterocycles. The molecule has 0 amide bonds. The Morgan fingerprint density at radius 3 is 2.88 bits per heavy atom. The lowest BCUT2D eigenvalue weighted by molar-refractivity contribution is 0.767. The van der Waals surface area contributed by atoms with E-state index in [0.29, 0.717) is 5.02 Å². The largest absolute Gasteiger partial charge is 0.314 e. The summed E-state index contributed by atoms with van der Waals surface area (Å²) in [7, 11) is 1.89. The highest BCUT2D eigenvalue weighted by atomic mass is 35.5. The van der Waals surface area contributed by atoms with Crippen molar-refractivity contribution < 1.29 is 0 Å². The van der Waals surface area contributed by atoms with Gasteiger partial charge in [-0.25, -0.2) is 9.67 Å². The van der Waals surface area contributed by atoms with E-state index in [-0.39, 0.29) is 0 Å². The van der Waals surface area contributed by atoms with Crippen molar-refractivity contribution in [1.82, 2.24) is 20.1 Å². The van der Waals surface area contributed by atoms with Crippen molar-refractivity contribution in [3.63, 3.8) is 0 Å². The molecule has 5 heteroatoms. The van der Waals surface area contributed by atoms with Crippen molar-refractivity contribution in [3.05, 3.63) is 40.8 Å². The first-order chi connectivity index (χ1) is 7.70. The second-order valence-electron chi connectivity index (χ2n) is 3.52. The van der Waals surface area contributed by atoms with Crippen molar-refractivity contribution in [2.24, 2.45) is 0 Å². The SMILES string of the molecule is CNCc1cccc(-n2cc(Cl)c(C)n2)n1. The number of nitrogens with zero attached hydrogens (tertiary/aromatic N) is 3. The fourth-order valence-electron chi connectivity index (χ4n) is 1.43. The summed E-state index contributed by atoms with van der Waals surface area (Å²) in [6, 6.07) is 5.83. The standard InChI is InChI=1S/C11H13ClN4/c1-8-10(12)7-16(15-8)11-5-3-4-9(14-11)6-13-2/h3-5,7,13H,6H2,1-2H3. The zero-order chi connectivity index (χ0) is 11.5. The van der Waals surface area contributed by atoms with Crippen LogP contribution in [0.25, 0.3) is 5.82 Å². The van der Waals surface area contributed by atoms with Crippen molar-refractivity contribution >= 4 is 11.6 Å². The summed E-state index contributed by atoms with van der Waals surface area (Å²) in [4.78, 5) is 4.47. The summed E-state index contributed by atoms with van der Waals surface area (Å²) in [5.41, 5.74) is 1.78. The van der Waals surface area contributed by atoms with Gasteiger partial charge in [0.05, 0.1) is 22.6 Å². The molecular formula is C11H13ClN4. The third-order valence-corrected chi connectivity index (χ3v) is 2.59. The molecule has 84 valence electrons. The van der Waals surface area contributed by atoms with E-state index in [1.807, 2.05) is 32.2 Å². The minimum Gasteiger partial charge on any atom is -0.314 e. The van der Waals surface area contributed by atoms with Crippen LogP contribution in [0.2, 0.25) is 5.02 Å². The maximum atomic E-state index is 5.96. The number of rotatable bonds is 3. The van der Waals surface area contributed by atoms with Gasteiger partial charge in [0.2, 0.25) is 0 Å². The van der Waals surface area contributed by atoms with Crippen LogP contribution in [0, 0.1) is 6.92 Å². The Morgan fingerprint density at radius 1 is 1.44 bits per heavy atom. The van der Waals surface area contributed by atoms with Crippen LogP contribution in [-0.2, 0) is 6.54 Å². The number of hydrogen-bond acceptors (Lipinski definition) is 3. The minimum atomic E-state index is 0.654. The highest BCUT2D eigenvalue weighted by molar-refractivity contribution is 6.31. The van der Waals surface area contributed by atoms with Crippen LogP contribution >= 0.6 is 11.6 Å². The molecule has 0 fully saturated rings. The first-order valence-electron chi connectivity index (χ1n) is 5.03. The Morgan fingerprint density at radius 2 is 2.25 bits per heavy atom. The van der Waals surface area contributed by atoms with Gasteiger partial charge in [-0.1, -0.05) is 17.7 Å². The highest BCUT2D eigenvalue weighted by Crippen LogP contribution is 2.15. The van der Waals surface area contributed by atoms with Crippen molar-refractivity contribution in [2.45, 2.75) is 13.5 Å². The van der Waals surface area contributed by atoms with Gasteiger partial charge in [-0.15, -0.1) is 0 Å². The number of nitrogens with one attached hydrogen (secondary N) is 1. The maximum absolute atomic E-state index is 5.96. The van der Waals surface area contributed by atoms with Crippen LogP contribution in [0.4, 0.5) is 0 Å². The molecule has 2 aromatic heterocycles. The van der Waals surface area contributed by atoms with Crippen LogP contribution in [-0.4, -0.2) is 21.8 Å². The molecule has 0 saturated heterocycles. The Kier molecular flexibility index (Phi) is 3.22. The highest BCUT2D eigenvalue weighted by Gasteiger charge is 2.05. The second kappa shape index (κ2) is 4.63. The third-order valence-electron chi connectivity index (χ3n) is 2.22. The van der Waals surface area contributed by atoms with E-state index in [1.54, 1.807) is 10.9 Å². The molecule has 0 spiro atoms. The van der Waals surface area contributed by atoms with E-state index in [2.05, 4.69) is 15.4 Å². The zero-order valence-corrected chi connectivity index (χ0v) is 9.99. The van der Waals surface area contributed by atoms with Gasteiger partial charge >= 0.3 is 0 Å². The Bertz CT molecular complexity index is 473. The summed E-state index contributed by atoms with van der Waals surface area (Å²) >= 11 is 5.96. The second-order valence-corrected chi connectivity index (χ2v) is 3.93. The van der Waals surface area contributed by atoms with Crippen LogP contribution in [0.15, 0.2) is 24.4 Å². The predicted octanol–water partition coefficient (Wildman–Crippen LogP) is 1.95. The molecule has 4 nitrogen and oxygen atoms in total. The summed E-state index contributed by atoms with van der Waals surface area (Å²) < 4.78 is 1.69. The van der Waals surface area contributed by atoms with Gasteiger partial charge in [0.15, 0.2) is 5.82 Å². The van der Waals surface area contributed by atoms with Gasteiger partial charge in [-0.2, -0.15) is 5.10 Å². The fraction of sp³-hybridized carbons (Fsp3) is 0.273. The summed E-state index contributed by atoms with van der Waals surface area (Å²) in [5, 5.41) is 8.00. The molecule has 2 rings (SSSR count). The third kappa shape index (κ3) is 2.23. The maximum Gasteiger partial charge on any atom is 0.153 e. The van der Waals surface area contributed by atoms with Crippen LogP contribution < -0.4 is 5.32 Å². The number of hydrogen-bond donors (Lipinski definition) is 1. The quantitative estimate of drug-likeness (QED) is 0.886. The van der Waals surface area contributed by atoms with Gasteiger partial charge < -0.3 is 5.32 Å². The van der Waals surface area contributed by atoms with Crippen LogP contribution in [0.1, 0.15) is 11.4 Å². The lowest BCUT2D eigenvalue weighted by Crippen LogP contribution is -2.08. The molecule has 0 unspecified atom stereocenters. The molecule has 2 aromatic rings. The average Bonchev–Trinajstić information content (AvgIpc) is 2.60. The summed E-state index contributed by atoms with van der Waals surface area (Å²) in [6.07, 6.45) is 1.77. The van der Waals surface area contributed by atoms with Crippen LogP contribution in [0.3, 0.4) is 0 Å². The normalized spacial score (nSPS) is 10.7. The summed E-state index contributed by atoms with van der Waals surface area (Å²) in [5.74, 6) is 0.780. The Balaban J connectivity index is 2.36. The van der Waals surface area contributed by atoms with E-state index in [0.717, 1.165) is 23.8 Å². The molecule has 0 aliphatic carbocycles. The number of pyridine rings is 1. The van der Waals surface area contributed by atoms with E-state index < -0.39 is 0 Å². The monoisotopic (exact) mass is 236 g/mol. The molecule has 0 saturated carbocycles. The van der Waals surface area contributed by atoms with E-state index in [1.165, 1.54) is 0 Å². The number of halogens is 1. The predicted molar refractivity (Wildman–Crippen MR) is 63.9 cm³/mol. The molecule has 0 aliphatic rings. The zero-order valence-electron chi connectivity index (χ0n) is 9.24. The number of aromatic nitrogens is 3. The van der Waals surface area contributed by atoms with Crippen molar-refractivity contribution in [1.29, 1.82) is 0 Å². The fourth-order valence-corrected chi connectivity index (χ4v) is 1.56. The molecule has 1 N–H and O–H groups in total.